The van der Waals surface area contributed by atoms with Crippen LogP contribution >= 0.6 is 23.1 Å². The molecule has 0 atom stereocenters. The van der Waals surface area contributed by atoms with E-state index in [0.717, 1.165) is 27.6 Å². The lowest BCUT2D eigenvalue weighted by molar-refractivity contribution is -0.115. The molecule has 22 heavy (non-hydrogen) atoms. The van der Waals surface area contributed by atoms with Gasteiger partial charge in [0.15, 0.2) is 5.16 Å². The van der Waals surface area contributed by atoms with E-state index in [-0.39, 0.29) is 16.5 Å². The average molecular weight is 332 g/mol. The average Bonchev–Trinajstić information content (AvgIpc) is 2.94. The van der Waals surface area contributed by atoms with Crippen molar-refractivity contribution < 1.29 is 4.79 Å². The largest absolute Gasteiger partial charge is 0.369 e. The number of nitrogens with zero attached hydrogens (tertiary/aromatic N) is 2. The molecule has 0 aliphatic heterocycles. The second-order valence-corrected chi connectivity index (χ2v) is 6.32. The van der Waals surface area contributed by atoms with Crippen LogP contribution in [0.25, 0.3) is 21.3 Å². The molecule has 1 amide bonds. The van der Waals surface area contributed by atoms with Gasteiger partial charge >= 0.3 is 0 Å². The van der Waals surface area contributed by atoms with Crippen LogP contribution in [0.1, 0.15) is 0 Å². The number of aromatic nitrogens is 2. The summed E-state index contributed by atoms with van der Waals surface area (Å²) in [5.74, 6) is 5.34. The summed E-state index contributed by atoms with van der Waals surface area (Å²) >= 11 is 2.42. The molecule has 2 aromatic heterocycles. The van der Waals surface area contributed by atoms with Crippen LogP contribution < -0.4 is 17.1 Å². The highest BCUT2D eigenvalue weighted by Crippen LogP contribution is 2.31. The summed E-state index contributed by atoms with van der Waals surface area (Å²) in [5.41, 5.74) is 6.52. The fraction of sp³-hybridized carbons (Fsp3) is 0.0714. The maximum atomic E-state index is 12.5. The minimum absolute atomic E-state index is 0.0199. The maximum Gasteiger partial charge on any atom is 0.282 e. The molecule has 0 aliphatic rings. The monoisotopic (exact) mass is 332 g/mol. The molecule has 0 spiro atoms. The summed E-state index contributed by atoms with van der Waals surface area (Å²) < 4.78 is 0.967. The highest BCUT2D eigenvalue weighted by atomic mass is 32.2. The molecule has 0 radical (unpaired) electrons. The first kappa shape index (κ1) is 14.6. The number of nitrogens with two attached hydrogens (primary N) is 2. The number of primary amides is 1. The van der Waals surface area contributed by atoms with Crippen LogP contribution in [0.2, 0.25) is 0 Å². The Balaban J connectivity index is 2.15. The number of carbonyl (C=O) groups excluding carboxylic acids is 1. The lowest BCUT2D eigenvalue weighted by Gasteiger charge is -2.06. The minimum atomic E-state index is -0.490. The number of nitrogen functional groups attached to an aromatic ring is 1. The van der Waals surface area contributed by atoms with Gasteiger partial charge in [0.1, 0.15) is 4.83 Å². The summed E-state index contributed by atoms with van der Waals surface area (Å²) in [6.07, 6.45) is 0. The van der Waals surface area contributed by atoms with Gasteiger partial charge in [0.25, 0.3) is 5.56 Å². The third kappa shape index (κ3) is 2.58. The fourth-order valence-electron chi connectivity index (χ4n) is 2.05. The number of fused-ring (bicyclic) bond motifs is 1. The Kier molecular flexibility index (Phi) is 3.86. The van der Waals surface area contributed by atoms with E-state index in [1.54, 1.807) is 0 Å². The Bertz CT molecular complexity index is 902. The third-order valence-corrected chi connectivity index (χ3v) is 4.88. The number of hydrogen-bond donors (Lipinski definition) is 2. The van der Waals surface area contributed by atoms with Crippen LogP contribution in [-0.4, -0.2) is 21.3 Å². The second kappa shape index (κ2) is 5.82. The van der Waals surface area contributed by atoms with Crippen molar-refractivity contribution in [1.29, 1.82) is 0 Å². The summed E-state index contributed by atoms with van der Waals surface area (Å²) in [5, 5.41) is 2.65. The molecule has 3 rings (SSSR count). The van der Waals surface area contributed by atoms with Crippen LogP contribution in [0.15, 0.2) is 45.7 Å². The van der Waals surface area contributed by atoms with E-state index in [2.05, 4.69) is 4.98 Å². The molecule has 0 unspecified atom stereocenters. The zero-order valence-corrected chi connectivity index (χ0v) is 13.0. The maximum absolute atomic E-state index is 12.5. The standard InChI is InChI=1S/C14H12N4O2S2/c15-10(19)7-22-14-17-12-11(13(20)18(14)16)9(6-21-12)8-4-2-1-3-5-8/h1-6H,7,16H2,(H2,15,19). The van der Waals surface area contributed by atoms with Crippen LogP contribution in [0.3, 0.4) is 0 Å². The van der Waals surface area contributed by atoms with E-state index in [0.29, 0.717) is 10.2 Å². The van der Waals surface area contributed by atoms with Crippen LogP contribution in [-0.2, 0) is 4.79 Å². The van der Waals surface area contributed by atoms with Crippen LogP contribution in [0.4, 0.5) is 0 Å². The Morgan fingerprint density at radius 3 is 2.73 bits per heavy atom. The van der Waals surface area contributed by atoms with E-state index in [1.165, 1.54) is 11.3 Å². The lowest BCUT2D eigenvalue weighted by Crippen LogP contribution is -2.30. The molecule has 6 nitrogen and oxygen atoms in total. The highest BCUT2D eigenvalue weighted by Gasteiger charge is 2.16. The predicted octanol–water partition coefficient (Wildman–Crippen LogP) is 1.42. The molecule has 0 bridgehead atoms. The summed E-state index contributed by atoms with van der Waals surface area (Å²) in [7, 11) is 0. The van der Waals surface area contributed by atoms with Gasteiger partial charge in [0.05, 0.1) is 11.1 Å². The summed E-state index contributed by atoms with van der Waals surface area (Å²) in [6.45, 7) is 0. The highest BCUT2D eigenvalue weighted by molar-refractivity contribution is 7.99. The molecular formula is C14H12N4O2S2. The number of amides is 1. The molecular weight excluding hydrogens is 320 g/mol. The molecule has 0 aliphatic carbocycles. The van der Waals surface area contributed by atoms with Crippen molar-refractivity contribution in [2.75, 3.05) is 11.6 Å². The molecule has 0 saturated carbocycles. The van der Waals surface area contributed by atoms with Gasteiger partial charge in [-0.2, -0.15) is 0 Å². The number of rotatable bonds is 4. The number of benzene rings is 1. The van der Waals surface area contributed by atoms with Crippen LogP contribution in [0, 0.1) is 0 Å². The molecule has 0 fully saturated rings. The zero-order valence-electron chi connectivity index (χ0n) is 11.4. The van der Waals surface area contributed by atoms with E-state index >= 15 is 0 Å². The van der Waals surface area contributed by atoms with Crippen LogP contribution in [0.5, 0.6) is 0 Å². The van der Waals surface area contributed by atoms with E-state index in [1.807, 2.05) is 35.7 Å². The van der Waals surface area contributed by atoms with Gasteiger partial charge < -0.3 is 11.6 Å². The first-order valence-corrected chi connectivity index (χ1v) is 8.20. The Morgan fingerprint density at radius 2 is 2.05 bits per heavy atom. The van der Waals surface area contributed by atoms with Crippen molar-refractivity contribution in [3.63, 3.8) is 0 Å². The topological polar surface area (TPSA) is 104 Å². The molecule has 4 N–H and O–H groups in total. The van der Waals surface area contributed by atoms with Crippen molar-refractivity contribution in [3.05, 3.63) is 46.1 Å². The molecule has 112 valence electrons. The van der Waals surface area contributed by atoms with E-state index in [9.17, 15) is 9.59 Å². The Morgan fingerprint density at radius 1 is 1.32 bits per heavy atom. The SMILES string of the molecule is NC(=O)CSc1nc2scc(-c3ccccc3)c2c(=O)n1N. The molecule has 0 saturated heterocycles. The second-order valence-electron chi connectivity index (χ2n) is 4.52. The quantitative estimate of drug-likeness (QED) is 0.427. The lowest BCUT2D eigenvalue weighted by atomic mass is 10.1. The molecule has 1 aromatic carbocycles. The van der Waals surface area contributed by atoms with Gasteiger partial charge in [0, 0.05) is 10.9 Å². The fourth-order valence-corrected chi connectivity index (χ4v) is 3.70. The first-order valence-electron chi connectivity index (χ1n) is 6.34. The predicted molar refractivity (Wildman–Crippen MR) is 89.4 cm³/mol. The number of carbonyl (C=O) groups is 1. The number of thiophene rings is 1. The van der Waals surface area contributed by atoms with Crippen molar-refractivity contribution >= 4 is 39.2 Å². The van der Waals surface area contributed by atoms with Gasteiger partial charge in [-0.15, -0.1) is 11.3 Å². The first-order chi connectivity index (χ1) is 10.6. The zero-order chi connectivity index (χ0) is 15.7. The van der Waals surface area contributed by atoms with Gasteiger partial charge in [-0.25, -0.2) is 9.66 Å². The van der Waals surface area contributed by atoms with Crippen molar-refractivity contribution in [2.45, 2.75) is 5.16 Å². The van der Waals surface area contributed by atoms with E-state index < -0.39 is 5.91 Å². The number of thioether (sulfide) groups is 1. The molecule has 2 heterocycles. The summed E-state index contributed by atoms with van der Waals surface area (Å²) in [4.78, 5) is 28.4. The normalized spacial score (nSPS) is 10.9. The minimum Gasteiger partial charge on any atom is -0.369 e. The van der Waals surface area contributed by atoms with E-state index in [4.69, 9.17) is 11.6 Å². The van der Waals surface area contributed by atoms with Gasteiger partial charge in [0.2, 0.25) is 5.91 Å². The Labute approximate surface area is 133 Å². The molecule has 8 heteroatoms. The van der Waals surface area contributed by atoms with Crippen molar-refractivity contribution in [1.82, 2.24) is 9.66 Å². The van der Waals surface area contributed by atoms with Crippen molar-refractivity contribution in [3.8, 4) is 11.1 Å². The van der Waals surface area contributed by atoms with Gasteiger partial charge in [-0.05, 0) is 5.56 Å². The third-order valence-electron chi connectivity index (χ3n) is 3.04. The number of hydrogen-bond acceptors (Lipinski definition) is 6. The Hall–Kier alpha value is -2.32. The van der Waals surface area contributed by atoms with Gasteiger partial charge in [-0.3, -0.25) is 9.59 Å². The smallest absolute Gasteiger partial charge is 0.282 e. The van der Waals surface area contributed by atoms with Gasteiger partial charge in [-0.1, -0.05) is 42.1 Å². The molecule has 3 aromatic rings. The summed E-state index contributed by atoms with van der Waals surface area (Å²) in [6, 6.07) is 9.58. The van der Waals surface area contributed by atoms with Crippen molar-refractivity contribution in [2.24, 2.45) is 5.73 Å².